The average molecular weight is 626 g/mol. The smallest absolute Gasteiger partial charge is 0.306 e. The van der Waals surface area contributed by atoms with Crippen LogP contribution < -0.4 is 10.1 Å². The predicted molar refractivity (Wildman–Crippen MR) is 142 cm³/mol. The molecule has 16 nitrogen and oxygen atoms in total. The molecule has 3 aliphatic heterocycles. The Kier molecular flexibility index (Phi) is 8.78. The van der Waals surface area contributed by atoms with Gasteiger partial charge in [0.2, 0.25) is 11.5 Å². The zero-order chi connectivity index (χ0) is 32.8. The Hall–Kier alpha value is -4.10. The van der Waals surface area contributed by atoms with E-state index < -0.39 is 88.1 Å². The molecule has 3 heterocycles. The summed E-state index contributed by atoms with van der Waals surface area (Å²) in [6.45, 7) is 4.75. The number of nitrogens with zero attached hydrogens (tertiary/aromatic N) is 2. The fourth-order valence-electron chi connectivity index (χ4n) is 5.06. The molecule has 0 aliphatic carbocycles. The number of carbonyl (C=O) groups excluding carboxylic acids is 3. The third-order valence-electron chi connectivity index (χ3n) is 7.50. The maximum atomic E-state index is 15.3. The third kappa shape index (κ3) is 4.87. The Morgan fingerprint density at radius 3 is 2.18 bits per heavy atom. The number of hydrogen-bond acceptors (Lipinski definition) is 14. The standard InChI is InChI=1S/C25H26FN3O13.C2H6/c26-15-11(8-28-4-6-41-7-5-28)2-1-3-12(15)10-42-19-13-9-29(20(33)14(13)16(30)17(31)18(19)32)23(36)21(34)27-22(35)24(37,38)25(23,39)40;1-2/h1-3,30-32,36-40H,4-10H2,(H,27,34,35);1-2H3. The largest absolute Gasteiger partial charge is 0.504 e. The number of fused-ring (bicyclic) bond motifs is 1. The van der Waals surface area contributed by atoms with Crippen molar-refractivity contribution in [2.24, 2.45) is 0 Å². The number of aromatic hydroxyl groups is 3. The van der Waals surface area contributed by atoms with Gasteiger partial charge in [-0.15, -0.1) is 0 Å². The molecule has 9 N–H and O–H groups in total. The number of nitrogens with one attached hydrogen (secondary N) is 1. The lowest BCUT2D eigenvalue weighted by molar-refractivity contribution is -0.407. The number of hydrogen-bond donors (Lipinski definition) is 9. The lowest BCUT2D eigenvalue weighted by Crippen LogP contribution is -2.85. The van der Waals surface area contributed by atoms with Crippen molar-refractivity contribution >= 4 is 17.7 Å². The van der Waals surface area contributed by atoms with Gasteiger partial charge < -0.3 is 50.3 Å². The number of carbonyl (C=O) groups is 3. The van der Waals surface area contributed by atoms with E-state index in [1.165, 1.54) is 11.4 Å². The van der Waals surface area contributed by atoms with Crippen molar-refractivity contribution < 1.29 is 69.1 Å². The van der Waals surface area contributed by atoms with Gasteiger partial charge in [0, 0.05) is 36.3 Å². The molecule has 0 saturated carbocycles. The van der Waals surface area contributed by atoms with Gasteiger partial charge in [0.15, 0.2) is 11.5 Å². The highest BCUT2D eigenvalue weighted by Crippen LogP contribution is 2.53. The lowest BCUT2D eigenvalue weighted by Gasteiger charge is -2.49. The van der Waals surface area contributed by atoms with Crippen molar-refractivity contribution in [1.29, 1.82) is 0 Å². The molecular formula is C27H32FN3O13. The number of piperidine rings is 1. The molecule has 2 aromatic rings. The molecule has 1 atom stereocenters. The summed E-state index contributed by atoms with van der Waals surface area (Å²) in [5, 5.41) is 84.2. The fourth-order valence-corrected chi connectivity index (χ4v) is 5.06. The quantitative estimate of drug-likeness (QED) is 0.0961. The van der Waals surface area contributed by atoms with Crippen molar-refractivity contribution in [3.05, 3.63) is 46.3 Å². The van der Waals surface area contributed by atoms with E-state index in [1.807, 2.05) is 18.7 Å². The van der Waals surface area contributed by atoms with E-state index in [0.29, 0.717) is 31.9 Å². The molecular weight excluding hydrogens is 593 g/mol. The molecule has 44 heavy (non-hydrogen) atoms. The minimum Gasteiger partial charge on any atom is -0.504 e. The normalized spacial score (nSPS) is 22.6. The second-order valence-corrected chi connectivity index (χ2v) is 9.99. The molecule has 2 aromatic carbocycles. The van der Waals surface area contributed by atoms with Crippen LogP contribution in [0.4, 0.5) is 4.39 Å². The number of amides is 3. The van der Waals surface area contributed by atoms with Crippen molar-refractivity contribution in [3.8, 4) is 23.0 Å². The molecule has 5 rings (SSSR count). The first kappa shape index (κ1) is 32.8. The van der Waals surface area contributed by atoms with E-state index in [0.717, 1.165) is 0 Å². The molecule has 2 saturated heterocycles. The molecule has 3 amide bonds. The number of phenolic OH excluding ortho intramolecular Hbond substituents is 3. The van der Waals surface area contributed by atoms with Crippen LogP contribution in [-0.2, 0) is 34.0 Å². The number of benzene rings is 2. The number of morpholine rings is 1. The van der Waals surface area contributed by atoms with E-state index in [4.69, 9.17) is 9.47 Å². The Morgan fingerprint density at radius 1 is 0.932 bits per heavy atom. The van der Waals surface area contributed by atoms with Crippen LogP contribution in [0.5, 0.6) is 23.0 Å². The lowest BCUT2D eigenvalue weighted by atomic mass is 9.86. The zero-order valence-electron chi connectivity index (χ0n) is 23.6. The van der Waals surface area contributed by atoms with Gasteiger partial charge in [-0.3, -0.25) is 29.5 Å². The number of rotatable bonds is 6. The van der Waals surface area contributed by atoms with Gasteiger partial charge in [0.25, 0.3) is 29.2 Å². The van der Waals surface area contributed by atoms with Gasteiger partial charge in [-0.05, 0) is 0 Å². The summed E-state index contributed by atoms with van der Waals surface area (Å²) in [4.78, 5) is 39.5. The van der Waals surface area contributed by atoms with Crippen LogP contribution in [0.3, 0.4) is 0 Å². The van der Waals surface area contributed by atoms with Crippen molar-refractivity contribution in [2.45, 2.75) is 50.8 Å². The maximum absolute atomic E-state index is 15.3. The zero-order valence-corrected chi connectivity index (χ0v) is 23.6. The topological polar surface area (TPSA) is 250 Å². The van der Waals surface area contributed by atoms with E-state index in [-0.39, 0.29) is 17.0 Å². The number of imide groups is 1. The minimum absolute atomic E-state index is 0.0125. The summed E-state index contributed by atoms with van der Waals surface area (Å²) in [6, 6.07) is 4.48. The first-order chi connectivity index (χ1) is 20.6. The Balaban J connectivity index is 0.00000216. The molecule has 0 aromatic heterocycles. The van der Waals surface area contributed by atoms with E-state index in [2.05, 4.69) is 0 Å². The second-order valence-electron chi connectivity index (χ2n) is 9.99. The van der Waals surface area contributed by atoms with Gasteiger partial charge >= 0.3 is 5.79 Å². The van der Waals surface area contributed by atoms with Crippen LogP contribution in [-0.4, -0.2) is 112 Å². The number of phenols is 3. The van der Waals surface area contributed by atoms with Crippen LogP contribution in [0.2, 0.25) is 0 Å². The van der Waals surface area contributed by atoms with Gasteiger partial charge in [-0.2, -0.15) is 0 Å². The van der Waals surface area contributed by atoms with Gasteiger partial charge in [-0.1, -0.05) is 32.0 Å². The predicted octanol–water partition coefficient (Wildman–Crippen LogP) is -1.96. The number of ether oxygens (including phenoxy) is 2. The average Bonchev–Trinajstić information content (AvgIpc) is 3.34. The molecule has 0 spiro atoms. The van der Waals surface area contributed by atoms with Crippen LogP contribution in [0.25, 0.3) is 0 Å². The first-order valence-corrected chi connectivity index (χ1v) is 13.4. The van der Waals surface area contributed by atoms with Crippen molar-refractivity contribution in [2.75, 3.05) is 26.3 Å². The highest BCUT2D eigenvalue weighted by atomic mass is 19.1. The molecule has 3 aliphatic rings. The summed E-state index contributed by atoms with van der Waals surface area (Å²) >= 11 is 0. The Morgan fingerprint density at radius 2 is 1.55 bits per heavy atom. The van der Waals surface area contributed by atoms with Gasteiger partial charge in [0.1, 0.15) is 12.4 Å². The monoisotopic (exact) mass is 625 g/mol. The Labute approximate surface area is 248 Å². The van der Waals surface area contributed by atoms with Crippen molar-refractivity contribution in [1.82, 2.24) is 15.1 Å². The Bertz CT molecular complexity index is 1490. The second kappa shape index (κ2) is 11.8. The summed E-state index contributed by atoms with van der Waals surface area (Å²) in [7, 11) is 0. The fraction of sp³-hybridized carbons (Fsp3) is 0.444. The number of halogens is 1. The molecule has 17 heteroatoms. The van der Waals surface area contributed by atoms with Crippen LogP contribution in [0.15, 0.2) is 18.2 Å². The SMILES string of the molecule is CC.O=C1c2c(O)c(O)c(O)c(OCc3cccc(CN4CCOCC4)c3F)c2CN1C1(O)C(=O)NC(=O)C(O)(O)C1(O)O. The van der Waals surface area contributed by atoms with E-state index in [9.17, 15) is 55.2 Å². The molecule has 0 bridgehead atoms. The van der Waals surface area contributed by atoms with Crippen LogP contribution in [0, 0.1) is 5.82 Å². The summed E-state index contributed by atoms with van der Waals surface area (Å²) < 4.78 is 26.2. The van der Waals surface area contributed by atoms with E-state index >= 15 is 4.39 Å². The van der Waals surface area contributed by atoms with E-state index in [1.54, 1.807) is 12.1 Å². The first-order valence-electron chi connectivity index (χ1n) is 13.4. The highest BCUT2D eigenvalue weighted by Gasteiger charge is 2.76. The van der Waals surface area contributed by atoms with Gasteiger partial charge in [-0.25, -0.2) is 4.39 Å². The summed E-state index contributed by atoms with van der Waals surface area (Å²) in [6.07, 6.45) is 0. The van der Waals surface area contributed by atoms with Crippen LogP contribution >= 0.6 is 0 Å². The van der Waals surface area contributed by atoms with Gasteiger partial charge in [0.05, 0.1) is 25.3 Å². The third-order valence-corrected chi connectivity index (χ3v) is 7.50. The molecule has 2 fully saturated rings. The highest BCUT2D eigenvalue weighted by molar-refractivity contribution is 6.11. The minimum atomic E-state index is -4.43. The molecule has 1 unspecified atom stereocenters. The summed E-state index contributed by atoms with van der Waals surface area (Å²) in [5.74, 6) is -19.3. The molecule has 0 radical (unpaired) electrons. The van der Waals surface area contributed by atoms with Crippen LogP contribution in [0.1, 0.15) is 40.9 Å². The maximum Gasteiger partial charge on any atom is 0.306 e. The van der Waals surface area contributed by atoms with Crippen molar-refractivity contribution in [3.63, 3.8) is 0 Å². The number of aliphatic hydroxyl groups is 5. The molecule has 240 valence electrons. The summed E-state index contributed by atoms with van der Waals surface area (Å²) in [5.41, 5.74) is -5.08.